The van der Waals surface area contributed by atoms with Gasteiger partial charge < -0.3 is 10.6 Å². The zero-order valence-corrected chi connectivity index (χ0v) is 13.9. The summed E-state index contributed by atoms with van der Waals surface area (Å²) in [6, 6.07) is 5.36. The third kappa shape index (κ3) is 4.53. The zero-order valence-electron chi connectivity index (χ0n) is 13.9. The van der Waals surface area contributed by atoms with E-state index in [1.54, 1.807) is 6.07 Å². The van der Waals surface area contributed by atoms with E-state index in [-0.39, 0.29) is 17.6 Å². The van der Waals surface area contributed by atoms with E-state index in [1.165, 1.54) is 43.4 Å². The Labute approximate surface area is 145 Å². The van der Waals surface area contributed by atoms with Gasteiger partial charge in [-0.3, -0.25) is 9.78 Å². The van der Waals surface area contributed by atoms with Gasteiger partial charge in [-0.2, -0.15) is 0 Å². The van der Waals surface area contributed by atoms with Gasteiger partial charge in [0.1, 0.15) is 17.3 Å². The van der Waals surface area contributed by atoms with E-state index in [1.807, 2.05) is 0 Å². The molecule has 2 N–H and O–H groups in total. The van der Waals surface area contributed by atoms with E-state index in [0.717, 1.165) is 25.7 Å². The summed E-state index contributed by atoms with van der Waals surface area (Å²) < 4.78 is 27.5. The number of amides is 1. The Kier molecular flexibility index (Phi) is 5.58. The minimum atomic E-state index is -0.701. The molecular weight excluding hydrogens is 324 g/mol. The van der Waals surface area contributed by atoms with Crippen LogP contribution >= 0.6 is 0 Å². The number of hydrogen-bond donors (Lipinski definition) is 2. The van der Waals surface area contributed by atoms with Gasteiger partial charge in [-0.1, -0.05) is 31.7 Å². The van der Waals surface area contributed by atoms with Crippen LogP contribution in [0.3, 0.4) is 0 Å². The van der Waals surface area contributed by atoms with Crippen LogP contribution in [0.2, 0.25) is 0 Å². The molecule has 0 aliphatic heterocycles. The lowest BCUT2D eigenvalue weighted by molar-refractivity contribution is 0.0933. The highest BCUT2D eigenvalue weighted by molar-refractivity contribution is 5.95. The van der Waals surface area contributed by atoms with Crippen LogP contribution in [-0.4, -0.2) is 16.9 Å². The van der Waals surface area contributed by atoms with E-state index in [4.69, 9.17) is 0 Å². The number of rotatable bonds is 4. The first-order chi connectivity index (χ1) is 12.1. The molecule has 6 heteroatoms. The summed E-state index contributed by atoms with van der Waals surface area (Å²) in [5.74, 6) is -1.61. The Morgan fingerprint density at radius 1 is 1.04 bits per heavy atom. The highest BCUT2D eigenvalue weighted by Gasteiger charge is 2.16. The van der Waals surface area contributed by atoms with Gasteiger partial charge in [-0.15, -0.1) is 0 Å². The molecule has 1 heterocycles. The fourth-order valence-electron chi connectivity index (χ4n) is 3.09. The summed E-state index contributed by atoms with van der Waals surface area (Å²) in [5.41, 5.74) is 0.467. The lowest BCUT2D eigenvalue weighted by Crippen LogP contribution is -2.34. The number of aromatic nitrogens is 1. The van der Waals surface area contributed by atoms with Gasteiger partial charge in [0, 0.05) is 12.2 Å². The predicted molar refractivity (Wildman–Crippen MR) is 92.8 cm³/mol. The number of nitrogens with zero attached hydrogens (tertiary/aromatic N) is 1. The van der Waals surface area contributed by atoms with Crippen molar-refractivity contribution in [2.24, 2.45) is 0 Å². The fraction of sp³-hybridized carbons (Fsp3) is 0.368. The number of halogens is 2. The largest absolute Gasteiger partial charge is 0.349 e. The van der Waals surface area contributed by atoms with Crippen molar-refractivity contribution in [2.75, 3.05) is 5.32 Å². The molecule has 0 bridgehead atoms. The molecule has 25 heavy (non-hydrogen) atoms. The molecule has 1 amide bonds. The van der Waals surface area contributed by atoms with E-state index in [9.17, 15) is 13.6 Å². The van der Waals surface area contributed by atoms with Crippen molar-refractivity contribution in [2.45, 2.75) is 44.6 Å². The molecule has 1 aliphatic rings. The van der Waals surface area contributed by atoms with Crippen LogP contribution < -0.4 is 10.6 Å². The fourth-order valence-corrected chi connectivity index (χ4v) is 3.09. The second-order valence-electron chi connectivity index (χ2n) is 6.35. The van der Waals surface area contributed by atoms with Crippen LogP contribution in [0.5, 0.6) is 0 Å². The molecule has 0 spiro atoms. The van der Waals surface area contributed by atoms with E-state index in [2.05, 4.69) is 15.6 Å². The smallest absolute Gasteiger partial charge is 0.253 e. The maximum absolute atomic E-state index is 13.7. The molecule has 3 rings (SSSR count). The Balaban J connectivity index is 1.71. The van der Waals surface area contributed by atoms with Crippen molar-refractivity contribution < 1.29 is 13.6 Å². The molecule has 1 aromatic heterocycles. The molecular formula is C19H21F2N3O. The van der Waals surface area contributed by atoms with Crippen LogP contribution in [0, 0.1) is 11.6 Å². The van der Waals surface area contributed by atoms with Crippen LogP contribution in [0.15, 0.2) is 36.7 Å². The molecule has 0 saturated heterocycles. The highest BCUT2D eigenvalue weighted by atomic mass is 19.1. The molecule has 2 aromatic rings. The second-order valence-corrected chi connectivity index (χ2v) is 6.35. The number of benzene rings is 1. The average Bonchev–Trinajstić information content (AvgIpc) is 2.87. The average molecular weight is 345 g/mol. The van der Waals surface area contributed by atoms with E-state index >= 15 is 0 Å². The van der Waals surface area contributed by atoms with Gasteiger partial charge in [-0.25, -0.2) is 8.78 Å². The standard InChI is InChI=1S/C19H21F2N3O/c20-16-8-5-9-17(21)18(16)23-15-10-13(11-22-12-15)19(25)24-14-6-3-1-2-4-7-14/h5,8-12,14,23H,1-4,6-7H2,(H,24,25). The molecule has 0 unspecified atom stereocenters. The van der Waals surface area contributed by atoms with Crippen LogP contribution in [0.1, 0.15) is 48.9 Å². The Morgan fingerprint density at radius 2 is 1.72 bits per heavy atom. The topological polar surface area (TPSA) is 54.0 Å². The van der Waals surface area contributed by atoms with Crippen LogP contribution in [0.25, 0.3) is 0 Å². The number of carbonyl (C=O) groups excluding carboxylic acids is 1. The van der Waals surface area contributed by atoms with Gasteiger partial charge in [-0.05, 0) is 31.0 Å². The number of nitrogens with one attached hydrogen (secondary N) is 2. The number of pyridine rings is 1. The maximum atomic E-state index is 13.7. The monoisotopic (exact) mass is 345 g/mol. The predicted octanol–water partition coefficient (Wildman–Crippen LogP) is 4.56. The second kappa shape index (κ2) is 8.05. The first-order valence-electron chi connectivity index (χ1n) is 8.60. The van der Waals surface area contributed by atoms with E-state index in [0.29, 0.717) is 11.3 Å². The van der Waals surface area contributed by atoms with Crippen molar-refractivity contribution in [3.8, 4) is 0 Å². The summed E-state index contributed by atoms with van der Waals surface area (Å²) in [6.45, 7) is 0. The van der Waals surface area contributed by atoms with Crippen molar-refractivity contribution in [3.63, 3.8) is 0 Å². The minimum absolute atomic E-state index is 0.177. The number of carbonyl (C=O) groups is 1. The molecule has 132 valence electrons. The molecule has 1 fully saturated rings. The first kappa shape index (κ1) is 17.3. The normalized spacial score (nSPS) is 15.4. The van der Waals surface area contributed by atoms with Crippen LogP contribution in [-0.2, 0) is 0 Å². The highest BCUT2D eigenvalue weighted by Crippen LogP contribution is 2.23. The minimum Gasteiger partial charge on any atom is -0.349 e. The number of hydrogen-bond acceptors (Lipinski definition) is 3. The Bertz CT molecular complexity index is 723. The Morgan fingerprint density at radius 3 is 2.40 bits per heavy atom. The molecule has 1 aromatic carbocycles. The van der Waals surface area contributed by atoms with Gasteiger partial charge in [0.2, 0.25) is 0 Å². The third-order valence-electron chi connectivity index (χ3n) is 4.42. The summed E-state index contributed by atoms with van der Waals surface area (Å²) in [7, 11) is 0. The van der Waals surface area contributed by atoms with Crippen molar-refractivity contribution >= 4 is 17.3 Å². The van der Waals surface area contributed by atoms with Crippen molar-refractivity contribution in [3.05, 3.63) is 53.9 Å². The van der Waals surface area contributed by atoms with Gasteiger partial charge in [0.25, 0.3) is 5.91 Å². The molecule has 1 aliphatic carbocycles. The SMILES string of the molecule is O=C(NC1CCCCCC1)c1cncc(Nc2c(F)cccc2F)c1. The van der Waals surface area contributed by atoms with Crippen molar-refractivity contribution in [1.82, 2.24) is 10.3 Å². The Hall–Kier alpha value is -2.50. The number of para-hydroxylation sites is 1. The lowest BCUT2D eigenvalue weighted by Gasteiger charge is -2.16. The lowest BCUT2D eigenvalue weighted by atomic mass is 10.1. The molecule has 0 radical (unpaired) electrons. The number of anilines is 2. The third-order valence-corrected chi connectivity index (χ3v) is 4.42. The van der Waals surface area contributed by atoms with E-state index < -0.39 is 11.6 Å². The zero-order chi connectivity index (χ0) is 17.6. The molecule has 0 atom stereocenters. The maximum Gasteiger partial charge on any atom is 0.253 e. The van der Waals surface area contributed by atoms with Gasteiger partial charge in [0.05, 0.1) is 17.4 Å². The van der Waals surface area contributed by atoms with Crippen LogP contribution in [0.4, 0.5) is 20.2 Å². The molecule has 4 nitrogen and oxygen atoms in total. The van der Waals surface area contributed by atoms with Gasteiger partial charge >= 0.3 is 0 Å². The summed E-state index contributed by atoms with van der Waals surface area (Å²) >= 11 is 0. The first-order valence-corrected chi connectivity index (χ1v) is 8.60. The van der Waals surface area contributed by atoms with Crippen molar-refractivity contribution in [1.29, 1.82) is 0 Å². The van der Waals surface area contributed by atoms with Gasteiger partial charge in [0.15, 0.2) is 0 Å². The summed E-state index contributed by atoms with van der Waals surface area (Å²) in [5, 5.41) is 5.69. The quantitative estimate of drug-likeness (QED) is 0.799. The molecule has 1 saturated carbocycles. The summed E-state index contributed by atoms with van der Waals surface area (Å²) in [4.78, 5) is 16.4. The summed E-state index contributed by atoms with van der Waals surface area (Å²) in [6.07, 6.45) is 9.51.